The number of H-pyrrole nitrogens is 1. The van der Waals surface area contributed by atoms with Crippen molar-refractivity contribution in [3.05, 3.63) is 30.0 Å². The van der Waals surface area contributed by atoms with E-state index in [9.17, 15) is 4.79 Å². The van der Waals surface area contributed by atoms with Gasteiger partial charge in [-0.1, -0.05) is 6.07 Å². The molecule has 0 radical (unpaired) electrons. The number of hydrogen-bond acceptors (Lipinski definition) is 4. The summed E-state index contributed by atoms with van der Waals surface area (Å²) in [4.78, 5) is 17.4. The predicted octanol–water partition coefficient (Wildman–Crippen LogP) is 3.87. The van der Waals surface area contributed by atoms with Crippen LogP contribution in [0.1, 0.15) is 12.0 Å². The number of hydrogen-bond donors (Lipinski definition) is 1. The minimum atomic E-state index is -0.629. The zero-order valence-corrected chi connectivity index (χ0v) is 16.7. The van der Waals surface area contributed by atoms with Crippen LogP contribution in [0.4, 0.5) is 4.79 Å². The van der Waals surface area contributed by atoms with Crippen LogP contribution in [0.25, 0.3) is 10.9 Å². The first-order chi connectivity index (χ1) is 11.8. The van der Waals surface area contributed by atoms with Gasteiger partial charge in [0.05, 0.1) is 6.61 Å². The number of carbonyl (C=O) groups is 1. The van der Waals surface area contributed by atoms with Gasteiger partial charge in [0, 0.05) is 23.6 Å². The minimum Gasteiger partial charge on any atom is -0.434 e. The fourth-order valence-corrected chi connectivity index (χ4v) is 3.60. The lowest BCUT2D eigenvalue weighted by Crippen LogP contribution is -2.15. The van der Waals surface area contributed by atoms with Gasteiger partial charge >= 0.3 is 6.16 Å². The van der Waals surface area contributed by atoms with Crippen LogP contribution in [0.15, 0.2) is 24.4 Å². The molecule has 25 heavy (non-hydrogen) atoms. The lowest BCUT2D eigenvalue weighted by atomic mass is 10.1. The number of rotatable bonds is 8. The van der Waals surface area contributed by atoms with Crippen molar-refractivity contribution in [2.75, 3.05) is 51.8 Å². The Bertz CT molecular complexity index is 704. The number of aromatic amines is 1. The van der Waals surface area contributed by atoms with Gasteiger partial charge in [-0.05, 0) is 69.2 Å². The van der Waals surface area contributed by atoms with Crippen LogP contribution in [0, 0.1) is 0 Å². The van der Waals surface area contributed by atoms with Crippen LogP contribution >= 0.6 is 10.0 Å². The summed E-state index contributed by atoms with van der Waals surface area (Å²) in [5, 5.41) is 0.959. The molecule has 0 saturated carbocycles. The predicted molar refractivity (Wildman–Crippen MR) is 107 cm³/mol. The molecule has 5 nitrogen and oxygen atoms in total. The highest BCUT2D eigenvalue weighted by Gasteiger charge is 2.14. The van der Waals surface area contributed by atoms with Gasteiger partial charge in [0.2, 0.25) is 0 Å². The van der Waals surface area contributed by atoms with E-state index in [-0.39, 0.29) is 0 Å². The van der Waals surface area contributed by atoms with E-state index in [0.717, 1.165) is 41.6 Å². The van der Waals surface area contributed by atoms with Crippen LogP contribution in [0.2, 0.25) is 0 Å². The van der Waals surface area contributed by atoms with Crippen molar-refractivity contribution < 1.29 is 14.3 Å². The Morgan fingerprint density at radius 1 is 1.24 bits per heavy atom. The zero-order valence-electron chi connectivity index (χ0n) is 15.9. The third-order valence-electron chi connectivity index (χ3n) is 3.89. The van der Waals surface area contributed by atoms with E-state index in [0.29, 0.717) is 12.4 Å². The second-order valence-electron chi connectivity index (χ2n) is 7.39. The number of carbonyl (C=O) groups excluding carboxylic acids is 1. The van der Waals surface area contributed by atoms with Gasteiger partial charge in [-0.3, -0.25) is 0 Å². The summed E-state index contributed by atoms with van der Waals surface area (Å²) in [7, 11) is 3.53. The number of ether oxygens (including phenoxy) is 2. The number of nitrogens with one attached hydrogen (secondary N) is 1. The van der Waals surface area contributed by atoms with Gasteiger partial charge in [-0.15, -0.1) is 0 Å². The first-order valence-electron chi connectivity index (χ1n) is 8.50. The monoisotopic (exact) mass is 366 g/mol. The van der Waals surface area contributed by atoms with Crippen LogP contribution in [0.5, 0.6) is 5.75 Å². The molecule has 140 valence electrons. The quantitative estimate of drug-likeness (QED) is 0.438. The maximum atomic E-state index is 12.0. The molecule has 1 aromatic carbocycles. The lowest BCUT2D eigenvalue weighted by molar-refractivity contribution is 0.0999. The number of fused-ring (bicyclic) bond motifs is 1. The number of aromatic nitrogens is 1. The Morgan fingerprint density at radius 3 is 2.68 bits per heavy atom. The Labute approximate surface area is 152 Å². The molecular formula is C19H30N2O3S. The molecule has 0 saturated heterocycles. The molecule has 1 N–H and O–H groups in total. The highest BCUT2D eigenvalue weighted by atomic mass is 32.3. The molecule has 0 spiro atoms. The summed E-state index contributed by atoms with van der Waals surface area (Å²) in [6.45, 7) is 1.33. The molecule has 0 fully saturated rings. The topological polar surface area (TPSA) is 54.6 Å². The van der Waals surface area contributed by atoms with E-state index >= 15 is 0 Å². The Hall–Kier alpha value is -1.66. The summed E-state index contributed by atoms with van der Waals surface area (Å²) < 4.78 is 10.7. The van der Waals surface area contributed by atoms with Crippen molar-refractivity contribution in [3.8, 4) is 5.75 Å². The van der Waals surface area contributed by atoms with Gasteiger partial charge in [-0.2, -0.15) is 0 Å². The Morgan fingerprint density at radius 2 is 2.00 bits per heavy atom. The molecule has 0 aliphatic heterocycles. The van der Waals surface area contributed by atoms with Crippen molar-refractivity contribution in [1.82, 2.24) is 9.88 Å². The van der Waals surface area contributed by atoms with Gasteiger partial charge in [0.25, 0.3) is 0 Å². The Kier molecular flexibility index (Phi) is 6.79. The Balaban J connectivity index is 2.00. The molecule has 2 rings (SSSR count). The van der Waals surface area contributed by atoms with Crippen molar-refractivity contribution in [1.29, 1.82) is 0 Å². The zero-order chi connectivity index (χ0) is 18.4. The number of benzene rings is 1. The summed E-state index contributed by atoms with van der Waals surface area (Å²) in [5.74, 6) is 1.64. The van der Waals surface area contributed by atoms with Crippen molar-refractivity contribution in [2.24, 2.45) is 0 Å². The van der Waals surface area contributed by atoms with Crippen LogP contribution < -0.4 is 4.74 Å². The largest absolute Gasteiger partial charge is 0.513 e. The molecule has 1 aromatic heterocycles. The van der Waals surface area contributed by atoms with Gasteiger partial charge in [-0.25, -0.2) is 14.8 Å². The first kappa shape index (κ1) is 19.7. The highest BCUT2D eigenvalue weighted by molar-refractivity contribution is 8.32. The molecule has 0 bridgehead atoms. The second-order valence-corrected chi connectivity index (χ2v) is 12.0. The summed E-state index contributed by atoms with van der Waals surface area (Å²) in [6, 6.07) is 5.68. The molecule has 2 aromatic rings. The third kappa shape index (κ3) is 6.29. The van der Waals surface area contributed by atoms with Crippen LogP contribution in [-0.2, 0) is 11.2 Å². The smallest absolute Gasteiger partial charge is 0.434 e. The number of likely N-dealkylation sites (N-methyl/N-ethyl adjacent to an activating group) is 1. The highest BCUT2D eigenvalue weighted by Crippen LogP contribution is 2.35. The summed E-state index contributed by atoms with van der Waals surface area (Å²) in [5.41, 5.74) is 2.11. The van der Waals surface area contributed by atoms with Gasteiger partial charge in [0.1, 0.15) is 5.75 Å². The fourth-order valence-electron chi connectivity index (χ4n) is 2.61. The third-order valence-corrected chi connectivity index (χ3v) is 5.41. The molecule has 6 heteroatoms. The van der Waals surface area contributed by atoms with E-state index in [2.05, 4.69) is 28.7 Å². The van der Waals surface area contributed by atoms with Crippen molar-refractivity contribution >= 4 is 27.1 Å². The normalized spacial score (nSPS) is 12.6. The average molecular weight is 367 g/mol. The molecule has 0 aliphatic rings. The van der Waals surface area contributed by atoms with E-state index in [1.165, 1.54) is 0 Å². The van der Waals surface area contributed by atoms with Crippen molar-refractivity contribution in [3.63, 3.8) is 0 Å². The first-order valence-corrected chi connectivity index (χ1v) is 11.5. The lowest BCUT2D eigenvalue weighted by Gasteiger charge is -2.24. The van der Waals surface area contributed by atoms with E-state index < -0.39 is 16.2 Å². The van der Waals surface area contributed by atoms with Crippen LogP contribution in [0.3, 0.4) is 0 Å². The van der Waals surface area contributed by atoms with E-state index in [4.69, 9.17) is 9.47 Å². The van der Waals surface area contributed by atoms with E-state index in [1.807, 2.05) is 38.5 Å². The van der Waals surface area contributed by atoms with Gasteiger partial charge in [0.15, 0.2) is 0 Å². The van der Waals surface area contributed by atoms with Crippen LogP contribution in [-0.4, -0.2) is 67.8 Å². The SMILES string of the molecule is CN(C)CCc1c[nH]c2cccc(OC(=O)OCCCS(C)(C)C)c12. The summed E-state index contributed by atoms with van der Waals surface area (Å²) >= 11 is 0. The molecule has 1 heterocycles. The second kappa shape index (κ2) is 8.63. The molecular weight excluding hydrogens is 336 g/mol. The number of nitrogens with zero attached hydrogens (tertiary/aromatic N) is 1. The molecule has 0 amide bonds. The maximum Gasteiger partial charge on any atom is 0.513 e. The summed E-state index contributed by atoms with van der Waals surface area (Å²) in [6.07, 6.45) is 9.88. The fraction of sp³-hybridized carbons (Fsp3) is 0.526. The molecule has 0 aliphatic carbocycles. The average Bonchev–Trinajstić information content (AvgIpc) is 2.93. The van der Waals surface area contributed by atoms with Gasteiger partial charge < -0.3 is 19.4 Å². The minimum absolute atomic E-state index is 0.402. The van der Waals surface area contributed by atoms with Crippen molar-refractivity contribution in [2.45, 2.75) is 12.8 Å². The maximum absolute atomic E-state index is 12.0. The standard InChI is InChI=1S/C19H30N2O3S/c1-21(2)11-10-15-14-20-16-8-6-9-17(18(15)16)24-19(22)23-12-7-13-25(3,4)5/h6,8-9,14,20H,7,10-13H2,1-5H3. The molecule has 0 atom stereocenters. The van der Waals surface area contributed by atoms with E-state index in [1.54, 1.807) is 0 Å². The molecule has 0 unspecified atom stereocenters.